The summed E-state index contributed by atoms with van der Waals surface area (Å²) in [6.07, 6.45) is -3.98. The van der Waals surface area contributed by atoms with Gasteiger partial charge in [0.2, 0.25) is 0 Å². The van der Waals surface area contributed by atoms with Crippen LogP contribution in [-0.4, -0.2) is 10.1 Å². The van der Waals surface area contributed by atoms with Gasteiger partial charge in [0, 0.05) is 12.3 Å². The van der Waals surface area contributed by atoms with Gasteiger partial charge in [-0.1, -0.05) is 18.2 Å². The summed E-state index contributed by atoms with van der Waals surface area (Å²) < 4.78 is 42.5. The van der Waals surface area contributed by atoms with Gasteiger partial charge in [-0.2, -0.15) is 13.2 Å². The Labute approximate surface area is 100 Å². The van der Waals surface area contributed by atoms with Gasteiger partial charge in [0.25, 0.3) is 5.88 Å². The van der Waals surface area contributed by atoms with Gasteiger partial charge in [0.15, 0.2) is 5.75 Å². The molecule has 0 atom stereocenters. The first-order valence-electron chi connectivity index (χ1n) is 4.96. The van der Waals surface area contributed by atoms with E-state index in [0.29, 0.717) is 18.0 Å². The van der Waals surface area contributed by atoms with Crippen LogP contribution >= 0.6 is 0 Å². The predicted octanol–water partition coefficient (Wildman–Crippen LogP) is 3.60. The Morgan fingerprint density at radius 1 is 1.11 bits per heavy atom. The monoisotopic (exact) mass is 255 g/mol. The second kappa shape index (κ2) is 4.56. The first kappa shape index (κ1) is 12.2. The van der Waals surface area contributed by atoms with E-state index >= 15 is 0 Å². The molecule has 0 saturated heterocycles. The third-order valence-corrected chi connectivity index (χ3v) is 2.13. The van der Waals surface area contributed by atoms with Crippen LogP contribution in [0.15, 0.2) is 42.6 Å². The first-order valence-corrected chi connectivity index (χ1v) is 4.96. The molecule has 0 aliphatic carbocycles. The molecule has 0 aliphatic heterocycles. The minimum atomic E-state index is -4.53. The van der Waals surface area contributed by atoms with E-state index < -0.39 is 17.6 Å². The van der Waals surface area contributed by atoms with Crippen LogP contribution in [0.25, 0.3) is 0 Å². The van der Waals surface area contributed by atoms with Crippen molar-refractivity contribution in [3.05, 3.63) is 48.2 Å². The molecule has 0 aliphatic rings. The van der Waals surface area contributed by atoms with E-state index in [1.165, 1.54) is 0 Å². The number of pyridine rings is 1. The van der Waals surface area contributed by atoms with Gasteiger partial charge in [-0.3, -0.25) is 0 Å². The standard InChI is InChI=1S/C12H8F3NO2/c13-12(14,15)8-6-10(11(17)16-7-8)18-9-4-2-1-3-5-9/h1-7H,(H,16,17). The highest BCUT2D eigenvalue weighted by Crippen LogP contribution is 2.35. The number of halogens is 3. The summed E-state index contributed by atoms with van der Waals surface area (Å²) in [7, 11) is 0. The molecule has 1 aromatic carbocycles. The summed E-state index contributed by atoms with van der Waals surface area (Å²) in [5, 5.41) is 9.36. The Kier molecular flexibility index (Phi) is 3.10. The molecule has 2 rings (SSSR count). The molecule has 3 nitrogen and oxygen atoms in total. The largest absolute Gasteiger partial charge is 0.491 e. The lowest BCUT2D eigenvalue weighted by Crippen LogP contribution is -2.05. The van der Waals surface area contributed by atoms with Gasteiger partial charge in [-0.15, -0.1) is 0 Å². The number of nitrogens with zero attached hydrogens (tertiary/aromatic N) is 1. The number of hydrogen-bond acceptors (Lipinski definition) is 3. The number of aromatic hydroxyl groups is 1. The van der Waals surface area contributed by atoms with E-state index in [-0.39, 0.29) is 5.75 Å². The van der Waals surface area contributed by atoms with Gasteiger partial charge in [0.05, 0.1) is 5.56 Å². The lowest BCUT2D eigenvalue weighted by atomic mass is 10.2. The molecule has 0 unspecified atom stereocenters. The number of aromatic nitrogens is 1. The zero-order chi connectivity index (χ0) is 13.2. The number of ether oxygens (including phenoxy) is 1. The molecule has 0 bridgehead atoms. The molecular weight excluding hydrogens is 247 g/mol. The van der Waals surface area contributed by atoms with Crippen molar-refractivity contribution < 1.29 is 23.0 Å². The average molecular weight is 255 g/mol. The van der Waals surface area contributed by atoms with Gasteiger partial charge in [-0.05, 0) is 12.1 Å². The molecule has 0 fully saturated rings. The number of benzene rings is 1. The van der Waals surface area contributed by atoms with E-state index in [1.807, 2.05) is 0 Å². The van der Waals surface area contributed by atoms with E-state index in [4.69, 9.17) is 4.74 Å². The van der Waals surface area contributed by atoms with Crippen molar-refractivity contribution >= 4 is 0 Å². The van der Waals surface area contributed by atoms with Crippen molar-refractivity contribution in [3.63, 3.8) is 0 Å². The van der Waals surface area contributed by atoms with Crippen molar-refractivity contribution in [3.8, 4) is 17.4 Å². The second-order valence-electron chi connectivity index (χ2n) is 3.46. The maximum absolute atomic E-state index is 12.5. The highest BCUT2D eigenvalue weighted by atomic mass is 19.4. The van der Waals surface area contributed by atoms with Crippen LogP contribution in [0.1, 0.15) is 5.56 Å². The van der Waals surface area contributed by atoms with E-state index in [2.05, 4.69) is 4.98 Å². The number of para-hydroxylation sites is 1. The SMILES string of the molecule is Oc1ncc(C(F)(F)F)cc1Oc1ccccc1. The Bertz CT molecular complexity index is 541. The van der Waals surface area contributed by atoms with Crippen molar-refractivity contribution in [2.45, 2.75) is 6.18 Å². The molecule has 0 spiro atoms. The molecule has 1 heterocycles. The van der Waals surface area contributed by atoms with Crippen LogP contribution in [0.4, 0.5) is 13.2 Å². The summed E-state index contributed by atoms with van der Waals surface area (Å²) in [5.74, 6) is -0.614. The summed E-state index contributed by atoms with van der Waals surface area (Å²) in [6.45, 7) is 0. The molecule has 2 aromatic rings. The molecule has 6 heteroatoms. The molecule has 0 radical (unpaired) electrons. The minimum absolute atomic E-state index is 0.314. The smallest absolute Gasteiger partial charge is 0.418 e. The van der Waals surface area contributed by atoms with Crippen molar-refractivity contribution in [1.82, 2.24) is 4.98 Å². The zero-order valence-electron chi connectivity index (χ0n) is 8.98. The summed E-state index contributed by atoms with van der Waals surface area (Å²) in [6, 6.07) is 8.87. The lowest BCUT2D eigenvalue weighted by Gasteiger charge is -2.10. The fourth-order valence-electron chi connectivity index (χ4n) is 1.28. The van der Waals surface area contributed by atoms with Gasteiger partial charge in [0.1, 0.15) is 5.75 Å². The normalized spacial score (nSPS) is 11.3. The second-order valence-corrected chi connectivity index (χ2v) is 3.46. The highest BCUT2D eigenvalue weighted by molar-refractivity contribution is 5.40. The van der Waals surface area contributed by atoms with Crippen molar-refractivity contribution in [2.75, 3.05) is 0 Å². The summed E-state index contributed by atoms with van der Waals surface area (Å²) in [5.41, 5.74) is -0.980. The van der Waals surface area contributed by atoms with Crippen LogP contribution in [0.3, 0.4) is 0 Å². The zero-order valence-corrected chi connectivity index (χ0v) is 8.98. The van der Waals surface area contributed by atoms with E-state index in [9.17, 15) is 18.3 Å². The third kappa shape index (κ3) is 2.71. The van der Waals surface area contributed by atoms with Gasteiger partial charge >= 0.3 is 6.18 Å². The Morgan fingerprint density at radius 3 is 2.39 bits per heavy atom. The minimum Gasteiger partial charge on any atom is -0.491 e. The number of alkyl halides is 3. The average Bonchev–Trinajstić information content (AvgIpc) is 2.32. The molecule has 94 valence electrons. The number of hydrogen-bond donors (Lipinski definition) is 1. The third-order valence-electron chi connectivity index (χ3n) is 2.13. The quantitative estimate of drug-likeness (QED) is 0.891. The van der Waals surface area contributed by atoms with Gasteiger partial charge in [-0.25, -0.2) is 4.98 Å². The fourth-order valence-corrected chi connectivity index (χ4v) is 1.28. The van der Waals surface area contributed by atoms with Crippen molar-refractivity contribution in [2.24, 2.45) is 0 Å². The van der Waals surface area contributed by atoms with Crippen LogP contribution in [0.5, 0.6) is 17.4 Å². The van der Waals surface area contributed by atoms with Gasteiger partial charge < -0.3 is 9.84 Å². The maximum atomic E-state index is 12.5. The fraction of sp³-hybridized carbons (Fsp3) is 0.0833. The molecular formula is C12H8F3NO2. The molecule has 0 amide bonds. The van der Waals surface area contributed by atoms with Crippen molar-refractivity contribution in [1.29, 1.82) is 0 Å². The maximum Gasteiger partial charge on any atom is 0.418 e. The number of rotatable bonds is 2. The molecule has 1 aromatic heterocycles. The Balaban J connectivity index is 2.33. The molecule has 1 N–H and O–H groups in total. The predicted molar refractivity (Wildman–Crippen MR) is 57.4 cm³/mol. The Hall–Kier alpha value is -2.24. The highest BCUT2D eigenvalue weighted by Gasteiger charge is 2.32. The van der Waals surface area contributed by atoms with Crippen LogP contribution in [-0.2, 0) is 6.18 Å². The summed E-state index contributed by atoms with van der Waals surface area (Å²) in [4.78, 5) is 3.25. The summed E-state index contributed by atoms with van der Waals surface area (Å²) >= 11 is 0. The van der Waals surface area contributed by atoms with Crippen LogP contribution in [0, 0.1) is 0 Å². The molecule has 0 saturated carbocycles. The van der Waals surface area contributed by atoms with Crippen LogP contribution in [0.2, 0.25) is 0 Å². The topological polar surface area (TPSA) is 42.4 Å². The van der Waals surface area contributed by atoms with E-state index in [1.54, 1.807) is 30.3 Å². The van der Waals surface area contributed by atoms with Crippen LogP contribution < -0.4 is 4.74 Å². The van der Waals surface area contributed by atoms with E-state index in [0.717, 1.165) is 0 Å². The lowest BCUT2D eigenvalue weighted by molar-refractivity contribution is -0.137. The molecule has 18 heavy (non-hydrogen) atoms. The Morgan fingerprint density at radius 2 is 1.78 bits per heavy atom. The first-order chi connectivity index (χ1) is 8.47.